The van der Waals surface area contributed by atoms with Crippen molar-refractivity contribution in [3.63, 3.8) is 0 Å². The summed E-state index contributed by atoms with van der Waals surface area (Å²) in [5.41, 5.74) is 1.50. The van der Waals surface area contributed by atoms with Gasteiger partial charge in [0.15, 0.2) is 11.5 Å². The van der Waals surface area contributed by atoms with Crippen molar-refractivity contribution in [3.8, 4) is 11.5 Å². The van der Waals surface area contributed by atoms with Crippen LogP contribution in [-0.4, -0.2) is 26.7 Å². The monoisotopic (exact) mass is 397 g/mol. The van der Waals surface area contributed by atoms with E-state index in [1.807, 2.05) is 18.2 Å². The lowest BCUT2D eigenvalue weighted by Gasteiger charge is -2.10. The van der Waals surface area contributed by atoms with Gasteiger partial charge < -0.3 is 14.8 Å². The van der Waals surface area contributed by atoms with Crippen molar-refractivity contribution in [2.75, 3.05) is 20.8 Å². The zero-order valence-electron chi connectivity index (χ0n) is 12.9. The molecule has 0 heterocycles. The zero-order chi connectivity index (χ0) is 16.8. The molecule has 1 amide bonds. The van der Waals surface area contributed by atoms with Crippen molar-refractivity contribution in [2.24, 2.45) is 0 Å². The first-order valence-electron chi connectivity index (χ1n) is 6.99. The number of methoxy groups -OCH3 is 2. The Labute approximate surface area is 148 Å². The SMILES string of the molecule is COc1ccc(CCNC(=O)c2cc(Br)ccc2Cl)cc1OC. The molecule has 0 radical (unpaired) electrons. The summed E-state index contributed by atoms with van der Waals surface area (Å²) >= 11 is 9.38. The summed E-state index contributed by atoms with van der Waals surface area (Å²) in [4.78, 5) is 12.2. The molecule has 0 fully saturated rings. The molecule has 2 rings (SSSR count). The Bertz CT molecular complexity index is 706. The summed E-state index contributed by atoms with van der Waals surface area (Å²) in [7, 11) is 3.19. The fourth-order valence-electron chi connectivity index (χ4n) is 2.12. The third-order valence-corrected chi connectivity index (χ3v) is 4.14. The summed E-state index contributed by atoms with van der Waals surface area (Å²) < 4.78 is 11.3. The second-order valence-corrected chi connectivity index (χ2v) is 6.14. The highest BCUT2D eigenvalue weighted by molar-refractivity contribution is 9.10. The van der Waals surface area contributed by atoms with Gasteiger partial charge in [-0.2, -0.15) is 0 Å². The molecule has 0 aliphatic carbocycles. The second-order valence-electron chi connectivity index (χ2n) is 4.82. The lowest BCUT2D eigenvalue weighted by molar-refractivity contribution is 0.0954. The van der Waals surface area contributed by atoms with Gasteiger partial charge in [0.1, 0.15) is 0 Å². The number of rotatable bonds is 6. The summed E-state index contributed by atoms with van der Waals surface area (Å²) in [6.45, 7) is 0.497. The lowest BCUT2D eigenvalue weighted by atomic mass is 10.1. The van der Waals surface area contributed by atoms with Crippen LogP contribution in [0.3, 0.4) is 0 Å². The Morgan fingerprint density at radius 2 is 1.87 bits per heavy atom. The second kappa shape index (κ2) is 8.22. The van der Waals surface area contributed by atoms with Gasteiger partial charge in [-0.05, 0) is 42.3 Å². The molecule has 0 saturated heterocycles. The van der Waals surface area contributed by atoms with Gasteiger partial charge in [-0.3, -0.25) is 4.79 Å². The van der Waals surface area contributed by atoms with Crippen LogP contribution in [0.2, 0.25) is 5.02 Å². The van der Waals surface area contributed by atoms with E-state index in [2.05, 4.69) is 21.2 Å². The third kappa shape index (κ3) is 4.62. The maximum absolute atomic E-state index is 12.2. The molecule has 2 aromatic carbocycles. The molecule has 0 spiro atoms. The topological polar surface area (TPSA) is 47.6 Å². The number of hydrogen-bond acceptors (Lipinski definition) is 3. The first-order valence-corrected chi connectivity index (χ1v) is 8.16. The average Bonchev–Trinajstić information content (AvgIpc) is 2.56. The van der Waals surface area contributed by atoms with Crippen LogP contribution in [0.5, 0.6) is 11.5 Å². The van der Waals surface area contributed by atoms with Crippen molar-refractivity contribution in [2.45, 2.75) is 6.42 Å². The molecule has 6 heteroatoms. The molecule has 1 N–H and O–H groups in total. The molecular weight excluding hydrogens is 382 g/mol. The number of benzene rings is 2. The molecule has 0 aliphatic heterocycles. The van der Waals surface area contributed by atoms with Crippen LogP contribution in [0.25, 0.3) is 0 Å². The van der Waals surface area contributed by atoms with Gasteiger partial charge in [0.2, 0.25) is 0 Å². The highest BCUT2D eigenvalue weighted by Crippen LogP contribution is 2.27. The minimum absolute atomic E-state index is 0.197. The highest BCUT2D eigenvalue weighted by atomic mass is 79.9. The van der Waals surface area contributed by atoms with Gasteiger partial charge >= 0.3 is 0 Å². The van der Waals surface area contributed by atoms with Crippen LogP contribution in [0.1, 0.15) is 15.9 Å². The van der Waals surface area contributed by atoms with Gasteiger partial charge in [-0.25, -0.2) is 0 Å². The third-order valence-electron chi connectivity index (χ3n) is 3.32. The Kier molecular flexibility index (Phi) is 6.30. The van der Waals surface area contributed by atoms with E-state index in [9.17, 15) is 4.79 Å². The largest absolute Gasteiger partial charge is 0.493 e. The first-order chi connectivity index (χ1) is 11.0. The van der Waals surface area contributed by atoms with Crippen LogP contribution in [0.4, 0.5) is 0 Å². The standard InChI is InChI=1S/C17H17BrClNO3/c1-22-15-6-3-11(9-16(15)23-2)7-8-20-17(21)13-10-12(18)4-5-14(13)19/h3-6,9-10H,7-8H2,1-2H3,(H,20,21). The fraction of sp³-hybridized carbons (Fsp3) is 0.235. The van der Waals surface area contributed by atoms with Gasteiger partial charge in [0.25, 0.3) is 5.91 Å². The quantitative estimate of drug-likeness (QED) is 0.797. The molecule has 0 aliphatic rings. The molecule has 2 aromatic rings. The molecule has 0 aromatic heterocycles. The molecular formula is C17H17BrClNO3. The molecule has 0 bridgehead atoms. The van der Waals surface area contributed by atoms with Gasteiger partial charge in [-0.15, -0.1) is 0 Å². The molecule has 0 saturated carbocycles. The Morgan fingerprint density at radius 3 is 2.57 bits per heavy atom. The molecule has 122 valence electrons. The van der Waals surface area contributed by atoms with E-state index in [4.69, 9.17) is 21.1 Å². The van der Waals surface area contributed by atoms with E-state index in [0.29, 0.717) is 35.1 Å². The summed E-state index contributed by atoms with van der Waals surface area (Å²) in [6, 6.07) is 10.9. The molecule has 0 unspecified atom stereocenters. The van der Waals surface area contributed by atoms with Crippen molar-refractivity contribution < 1.29 is 14.3 Å². The van der Waals surface area contributed by atoms with Crippen LogP contribution in [-0.2, 0) is 6.42 Å². The van der Waals surface area contributed by atoms with Gasteiger partial charge in [0, 0.05) is 11.0 Å². The zero-order valence-corrected chi connectivity index (χ0v) is 15.2. The van der Waals surface area contributed by atoms with Crippen molar-refractivity contribution in [1.82, 2.24) is 5.32 Å². The molecule has 23 heavy (non-hydrogen) atoms. The molecule has 0 atom stereocenters. The first kappa shape index (κ1) is 17.6. The summed E-state index contributed by atoms with van der Waals surface area (Å²) in [6.07, 6.45) is 0.678. The van der Waals surface area contributed by atoms with Crippen molar-refractivity contribution in [3.05, 3.63) is 57.0 Å². The summed E-state index contributed by atoms with van der Waals surface area (Å²) in [5.74, 6) is 1.16. The number of hydrogen-bond donors (Lipinski definition) is 1. The maximum Gasteiger partial charge on any atom is 0.252 e. The number of nitrogens with one attached hydrogen (secondary N) is 1. The summed E-state index contributed by atoms with van der Waals surface area (Å²) in [5, 5.41) is 3.29. The van der Waals surface area contributed by atoms with E-state index < -0.39 is 0 Å². The number of amides is 1. The smallest absolute Gasteiger partial charge is 0.252 e. The van der Waals surface area contributed by atoms with E-state index in [1.165, 1.54) is 0 Å². The number of carbonyl (C=O) groups is 1. The van der Waals surface area contributed by atoms with Crippen LogP contribution in [0, 0.1) is 0 Å². The van der Waals surface area contributed by atoms with Crippen LogP contribution in [0.15, 0.2) is 40.9 Å². The average molecular weight is 399 g/mol. The maximum atomic E-state index is 12.2. The number of halogens is 2. The van der Waals surface area contributed by atoms with E-state index in [0.717, 1.165) is 10.0 Å². The normalized spacial score (nSPS) is 10.3. The number of carbonyl (C=O) groups excluding carboxylic acids is 1. The van der Waals surface area contributed by atoms with Crippen molar-refractivity contribution >= 4 is 33.4 Å². The lowest BCUT2D eigenvalue weighted by Crippen LogP contribution is -2.26. The van der Waals surface area contributed by atoms with E-state index in [1.54, 1.807) is 32.4 Å². The minimum Gasteiger partial charge on any atom is -0.493 e. The van der Waals surface area contributed by atoms with Crippen LogP contribution < -0.4 is 14.8 Å². The van der Waals surface area contributed by atoms with Crippen LogP contribution >= 0.6 is 27.5 Å². The van der Waals surface area contributed by atoms with Gasteiger partial charge in [-0.1, -0.05) is 33.6 Å². The predicted molar refractivity (Wildman–Crippen MR) is 94.7 cm³/mol. The van der Waals surface area contributed by atoms with E-state index >= 15 is 0 Å². The molecule has 4 nitrogen and oxygen atoms in total. The number of ether oxygens (including phenoxy) is 2. The van der Waals surface area contributed by atoms with Gasteiger partial charge in [0.05, 0.1) is 24.8 Å². The van der Waals surface area contributed by atoms with Crippen molar-refractivity contribution in [1.29, 1.82) is 0 Å². The fourth-order valence-corrected chi connectivity index (χ4v) is 2.69. The Morgan fingerprint density at radius 1 is 1.13 bits per heavy atom. The predicted octanol–water partition coefficient (Wildman–Crippen LogP) is 4.09. The minimum atomic E-state index is -0.197. The Hall–Kier alpha value is -1.72. The highest BCUT2D eigenvalue weighted by Gasteiger charge is 2.11. The Balaban J connectivity index is 1.97. The van der Waals surface area contributed by atoms with E-state index in [-0.39, 0.29) is 5.91 Å².